The molecule has 0 saturated carbocycles. The van der Waals surface area contributed by atoms with Gasteiger partial charge in [0.1, 0.15) is 0 Å². The average Bonchev–Trinajstić information content (AvgIpc) is 3.31. The second-order valence-corrected chi connectivity index (χ2v) is 17.1. The van der Waals surface area contributed by atoms with Gasteiger partial charge in [-0.05, 0) is 152 Å². The van der Waals surface area contributed by atoms with Crippen LogP contribution in [0.15, 0.2) is 72.8 Å². The van der Waals surface area contributed by atoms with Gasteiger partial charge in [-0.15, -0.1) is 0 Å². The first kappa shape index (κ1) is 60.6. The van der Waals surface area contributed by atoms with Crippen LogP contribution in [0.3, 0.4) is 0 Å². The van der Waals surface area contributed by atoms with Crippen LogP contribution in [0.4, 0.5) is 22.7 Å². The number of anilines is 4. The molecule has 4 aromatic carbocycles. The molecule has 0 aliphatic carbocycles. The van der Waals surface area contributed by atoms with Gasteiger partial charge < -0.3 is 21.3 Å². The predicted octanol–water partition coefficient (Wildman–Crippen LogP) is 10.3. The highest BCUT2D eigenvalue weighted by atomic mass is 16.2. The summed E-state index contributed by atoms with van der Waals surface area (Å²) < 4.78 is 0. The number of hydrogen-bond donors (Lipinski definition) is 4. The molecular weight excluding hydrogens is 849 g/mol. The molecule has 12 heteroatoms. The first-order valence-corrected chi connectivity index (χ1v) is 24.7. The number of amides is 4. The van der Waals surface area contributed by atoms with Gasteiger partial charge in [0.05, 0.1) is 26.2 Å². The Balaban J connectivity index is 0.000000453. The Kier molecular flexibility index (Phi) is 29.6. The van der Waals surface area contributed by atoms with E-state index in [0.29, 0.717) is 26.2 Å². The third-order valence-corrected chi connectivity index (χ3v) is 12.0. The lowest BCUT2D eigenvalue weighted by Crippen LogP contribution is -2.33. The fourth-order valence-corrected chi connectivity index (χ4v) is 7.36. The zero-order valence-corrected chi connectivity index (χ0v) is 44.8. The molecule has 0 unspecified atom stereocenters. The van der Waals surface area contributed by atoms with E-state index < -0.39 is 0 Å². The molecular formula is C56H88N8O4. The van der Waals surface area contributed by atoms with E-state index in [1.807, 2.05) is 128 Å². The average molecular weight is 937 g/mol. The van der Waals surface area contributed by atoms with E-state index in [4.69, 9.17) is 0 Å². The maximum Gasteiger partial charge on any atom is 0.238 e. The zero-order chi connectivity index (χ0) is 51.3. The van der Waals surface area contributed by atoms with Crippen LogP contribution in [0, 0.1) is 55.4 Å². The van der Waals surface area contributed by atoms with E-state index in [-0.39, 0.29) is 23.6 Å². The number of benzene rings is 4. The lowest BCUT2D eigenvalue weighted by atomic mass is 10.1. The normalized spacial score (nSPS) is 10.6. The largest absolute Gasteiger partial charge is 0.324 e. The standard InChI is InChI=1S/4C14H22N2O/c4*1-5-16(6-2)10-13(17)15-14-11(3)8-7-9-12(14)4/h4*7-9H,5-6,10H2,1-4H3,(H,15,17). The Morgan fingerprint density at radius 1 is 0.294 bits per heavy atom. The van der Waals surface area contributed by atoms with E-state index in [9.17, 15) is 19.2 Å². The summed E-state index contributed by atoms with van der Waals surface area (Å²) in [6.45, 7) is 41.7. The van der Waals surface area contributed by atoms with Crippen LogP contribution in [0.1, 0.15) is 99.9 Å². The molecule has 4 N–H and O–H groups in total. The van der Waals surface area contributed by atoms with E-state index in [1.165, 1.54) is 0 Å². The van der Waals surface area contributed by atoms with Gasteiger partial charge in [0.25, 0.3) is 0 Å². The molecule has 0 atom stereocenters. The van der Waals surface area contributed by atoms with Crippen molar-refractivity contribution in [3.63, 3.8) is 0 Å². The van der Waals surface area contributed by atoms with Crippen molar-refractivity contribution in [1.29, 1.82) is 0 Å². The van der Waals surface area contributed by atoms with E-state index in [0.717, 1.165) is 120 Å². The summed E-state index contributed by atoms with van der Waals surface area (Å²) in [6.07, 6.45) is 0. The second kappa shape index (κ2) is 33.2. The van der Waals surface area contributed by atoms with Gasteiger partial charge in [0, 0.05) is 22.7 Å². The molecule has 4 amide bonds. The first-order chi connectivity index (χ1) is 32.3. The van der Waals surface area contributed by atoms with Gasteiger partial charge in [-0.2, -0.15) is 0 Å². The molecule has 68 heavy (non-hydrogen) atoms. The van der Waals surface area contributed by atoms with Gasteiger partial charge >= 0.3 is 0 Å². The van der Waals surface area contributed by atoms with Gasteiger partial charge in [0.15, 0.2) is 0 Å². The smallest absolute Gasteiger partial charge is 0.238 e. The SMILES string of the molecule is CCN(CC)CC(=O)Nc1c(C)cccc1C.CCN(CC)CC(=O)Nc1c(C)cccc1C.CCN(CC)CC(=O)Nc1c(C)cccc1C.CCN(CC)CC(=O)Nc1c(C)cccc1C. The summed E-state index contributed by atoms with van der Waals surface area (Å²) in [4.78, 5) is 56.0. The number of nitrogens with one attached hydrogen (secondary N) is 4. The van der Waals surface area contributed by atoms with Crippen molar-refractivity contribution in [2.24, 2.45) is 0 Å². The molecule has 0 radical (unpaired) electrons. The van der Waals surface area contributed by atoms with Crippen LogP contribution in [-0.4, -0.2) is 122 Å². The minimum Gasteiger partial charge on any atom is -0.324 e. The summed E-state index contributed by atoms with van der Waals surface area (Å²) in [5.41, 5.74) is 12.7. The van der Waals surface area contributed by atoms with Crippen LogP contribution in [0.25, 0.3) is 0 Å². The minimum absolute atomic E-state index is 0.0612. The van der Waals surface area contributed by atoms with Crippen molar-refractivity contribution in [3.8, 4) is 0 Å². The Morgan fingerprint density at radius 2 is 0.426 bits per heavy atom. The third-order valence-electron chi connectivity index (χ3n) is 12.0. The first-order valence-electron chi connectivity index (χ1n) is 24.7. The lowest BCUT2D eigenvalue weighted by molar-refractivity contribution is -0.118. The number of likely N-dealkylation sites (N-methyl/N-ethyl adjacent to an activating group) is 4. The quantitative estimate of drug-likeness (QED) is 0.0690. The number of carbonyl (C=O) groups is 4. The second-order valence-electron chi connectivity index (χ2n) is 17.1. The number of para-hydroxylation sites is 4. The Bertz CT molecular complexity index is 1760. The van der Waals surface area contributed by atoms with Crippen molar-refractivity contribution < 1.29 is 19.2 Å². The van der Waals surface area contributed by atoms with Gasteiger partial charge in [-0.25, -0.2) is 0 Å². The topological polar surface area (TPSA) is 129 Å². The molecule has 0 aliphatic heterocycles. The van der Waals surface area contributed by atoms with Gasteiger partial charge in [0.2, 0.25) is 23.6 Å². The molecule has 0 spiro atoms. The Labute approximate surface area is 411 Å². The maximum absolute atomic E-state index is 11.9. The molecule has 12 nitrogen and oxygen atoms in total. The molecule has 0 saturated heterocycles. The molecule has 376 valence electrons. The molecule has 0 fully saturated rings. The summed E-state index contributed by atoms with van der Waals surface area (Å²) in [7, 11) is 0. The monoisotopic (exact) mass is 937 g/mol. The fraction of sp³-hybridized carbons (Fsp3) is 0.500. The molecule has 4 aromatic rings. The predicted molar refractivity (Wildman–Crippen MR) is 289 cm³/mol. The van der Waals surface area contributed by atoms with Gasteiger partial charge in [-0.1, -0.05) is 128 Å². The van der Waals surface area contributed by atoms with Crippen LogP contribution < -0.4 is 21.3 Å². The van der Waals surface area contributed by atoms with E-state index in [2.05, 4.69) is 96.3 Å². The molecule has 0 heterocycles. The van der Waals surface area contributed by atoms with Crippen molar-refractivity contribution in [2.75, 3.05) is 99.8 Å². The number of hydrogen-bond acceptors (Lipinski definition) is 8. The van der Waals surface area contributed by atoms with E-state index >= 15 is 0 Å². The van der Waals surface area contributed by atoms with Crippen molar-refractivity contribution >= 4 is 46.4 Å². The summed E-state index contributed by atoms with van der Waals surface area (Å²) in [6, 6.07) is 24.1. The summed E-state index contributed by atoms with van der Waals surface area (Å²) in [5, 5.41) is 12.0. The highest BCUT2D eigenvalue weighted by Gasteiger charge is 2.14. The Morgan fingerprint density at radius 3 is 0.544 bits per heavy atom. The zero-order valence-electron chi connectivity index (χ0n) is 44.8. The number of carbonyl (C=O) groups excluding carboxylic acids is 4. The van der Waals surface area contributed by atoms with Crippen molar-refractivity contribution in [3.05, 3.63) is 117 Å². The highest BCUT2D eigenvalue weighted by molar-refractivity contribution is 5.95. The lowest BCUT2D eigenvalue weighted by Gasteiger charge is -2.18. The minimum atomic E-state index is 0.0612. The number of nitrogens with zero attached hydrogens (tertiary/aromatic N) is 4. The molecule has 4 rings (SSSR count). The Hall–Kier alpha value is -5.40. The summed E-state index contributed by atoms with van der Waals surface area (Å²) in [5.74, 6) is 0.245. The maximum atomic E-state index is 11.9. The van der Waals surface area contributed by atoms with E-state index in [1.54, 1.807) is 0 Å². The van der Waals surface area contributed by atoms with Crippen molar-refractivity contribution in [2.45, 2.75) is 111 Å². The summed E-state index contributed by atoms with van der Waals surface area (Å²) >= 11 is 0. The van der Waals surface area contributed by atoms with Gasteiger partial charge in [-0.3, -0.25) is 38.8 Å². The molecule has 0 aromatic heterocycles. The fourth-order valence-electron chi connectivity index (χ4n) is 7.36. The molecule has 0 bridgehead atoms. The van der Waals surface area contributed by atoms with Crippen molar-refractivity contribution in [1.82, 2.24) is 19.6 Å². The number of rotatable bonds is 20. The van der Waals surface area contributed by atoms with Crippen LogP contribution in [0.5, 0.6) is 0 Å². The molecule has 0 aliphatic rings. The van der Waals surface area contributed by atoms with Crippen LogP contribution in [-0.2, 0) is 19.2 Å². The van der Waals surface area contributed by atoms with Crippen LogP contribution >= 0.6 is 0 Å². The highest BCUT2D eigenvalue weighted by Crippen LogP contribution is 2.22. The number of aryl methyl sites for hydroxylation is 8. The third kappa shape index (κ3) is 22.1. The van der Waals surface area contributed by atoms with Crippen LogP contribution in [0.2, 0.25) is 0 Å².